The lowest BCUT2D eigenvalue weighted by Crippen LogP contribution is -2.75. The summed E-state index contributed by atoms with van der Waals surface area (Å²) in [7, 11) is -4.38. The van der Waals surface area contributed by atoms with E-state index in [9.17, 15) is 32.7 Å². The molecule has 2 fully saturated rings. The first kappa shape index (κ1) is 27.8. The first-order valence-electron chi connectivity index (χ1n) is 10.9. The second kappa shape index (κ2) is 10.9. The number of carboxylic acids is 1. The Morgan fingerprint density at radius 1 is 1.39 bits per heavy atom. The maximum absolute atomic E-state index is 13.2. The molecule has 3 heterocycles. The third-order valence-corrected chi connectivity index (χ3v) is 9.16. The summed E-state index contributed by atoms with van der Waals surface area (Å²) in [4.78, 5) is 51.8. The van der Waals surface area contributed by atoms with Crippen LogP contribution in [0.4, 0.5) is 11.4 Å². The lowest BCUT2D eigenvalue weighted by Gasteiger charge is -2.56. The molecule has 2 aliphatic rings. The monoisotopic (exact) mass is 586 g/mol. The molecule has 38 heavy (non-hydrogen) atoms. The number of hydrogen-bond donors (Lipinski definition) is 4. The number of fused-ring (bicyclic) bond motifs is 1. The van der Waals surface area contributed by atoms with Gasteiger partial charge in [-0.25, -0.2) is 0 Å². The summed E-state index contributed by atoms with van der Waals surface area (Å²) in [5.74, 6) is -3.35. The Morgan fingerprint density at radius 2 is 2.16 bits per heavy atom. The van der Waals surface area contributed by atoms with Crippen molar-refractivity contribution >= 4 is 69.2 Å². The molecule has 3 amide bonds. The molecular weight excluding hydrogens is 564 g/mol. The number of carbonyl (C=O) groups excluding carboxylic acids is 3. The molecule has 3 atom stereocenters. The van der Waals surface area contributed by atoms with Gasteiger partial charge in [0.1, 0.15) is 16.8 Å². The molecule has 1 aromatic carbocycles. The number of benzene rings is 1. The van der Waals surface area contributed by atoms with Gasteiger partial charge in [0.25, 0.3) is 15.3 Å². The molecule has 2 saturated heterocycles. The lowest BCUT2D eigenvalue weighted by atomic mass is 9.89. The van der Waals surface area contributed by atoms with Crippen LogP contribution in [-0.2, 0) is 35.0 Å². The van der Waals surface area contributed by atoms with Crippen molar-refractivity contribution in [3.63, 3.8) is 0 Å². The van der Waals surface area contributed by atoms with Gasteiger partial charge >= 0.3 is 5.97 Å². The average Bonchev–Trinajstić information content (AvgIpc) is 3.31. The van der Waals surface area contributed by atoms with Gasteiger partial charge in [-0.2, -0.15) is 8.42 Å². The topological polar surface area (TPSA) is 226 Å². The Kier molecular flexibility index (Phi) is 7.98. The number of aliphatic carboxylic acids is 1. The van der Waals surface area contributed by atoms with Crippen LogP contribution in [0.2, 0.25) is 0 Å². The van der Waals surface area contributed by atoms with Crippen molar-refractivity contribution in [2.45, 2.75) is 22.4 Å². The summed E-state index contributed by atoms with van der Waals surface area (Å²) in [5.41, 5.74) is 4.97. The van der Waals surface area contributed by atoms with Crippen molar-refractivity contribution < 1.29 is 41.7 Å². The van der Waals surface area contributed by atoms with E-state index in [2.05, 4.69) is 15.5 Å². The zero-order chi connectivity index (χ0) is 27.7. The highest BCUT2D eigenvalue weighted by Gasteiger charge is 2.59. The van der Waals surface area contributed by atoms with Crippen LogP contribution in [0.1, 0.15) is 5.89 Å². The number of rotatable bonds is 11. The molecule has 0 saturated carbocycles. The third kappa shape index (κ3) is 5.63. The molecule has 4 rings (SSSR count). The van der Waals surface area contributed by atoms with Crippen molar-refractivity contribution in [1.29, 1.82) is 0 Å². The highest BCUT2D eigenvalue weighted by Crippen LogP contribution is 2.46. The maximum atomic E-state index is 13.2. The number of nitrogens with two attached hydrogens (primary N) is 1. The van der Waals surface area contributed by atoms with Crippen molar-refractivity contribution in [1.82, 2.24) is 15.1 Å². The van der Waals surface area contributed by atoms with Crippen LogP contribution >= 0.6 is 23.5 Å². The molecule has 0 bridgehead atoms. The fourth-order valence-corrected chi connectivity index (χ4v) is 7.18. The molecule has 0 aliphatic carbocycles. The quantitative estimate of drug-likeness (QED) is 0.112. The first-order valence-corrected chi connectivity index (χ1v) is 14.5. The van der Waals surface area contributed by atoms with E-state index in [0.29, 0.717) is 17.8 Å². The summed E-state index contributed by atoms with van der Waals surface area (Å²) < 4.78 is 36.0. The zero-order valence-corrected chi connectivity index (χ0v) is 21.9. The fraction of sp³-hybridized carbons (Fsp3) is 0.400. The van der Waals surface area contributed by atoms with Crippen molar-refractivity contribution in [3.8, 4) is 0 Å². The Bertz CT molecular complexity index is 1370. The summed E-state index contributed by atoms with van der Waals surface area (Å²) in [6, 6.07) is 5.44. The molecule has 18 heteroatoms. The SMILES string of the molecule is NCC(=O)N(c1cccc(NC=O)c1)C1C(=O)N2CC(CSc3nnc(CS(=O)(=O)O)o3)(C(=O)O)CS[C@H]12. The number of thioether (sulfide) groups is 2. The molecule has 1 aromatic heterocycles. The molecule has 2 aromatic rings. The van der Waals surface area contributed by atoms with Gasteiger partial charge in [0.15, 0.2) is 5.75 Å². The number of aromatic nitrogens is 2. The predicted molar refractivity (Wildman–Crippen MR) is 135 cm³/mol. The van der Waals surface area contributed by atoms with Gasteiger partial charge in [-0.05, 0) is 18.2 Å². The van der Waals surface area contributed by atoms with Crippen LogP contribution in [0.15, 0.2) is 33.9 Å². The van der Waals surface area contributed by atoms with Gasteiger partial charge in [0.2, 0.25) is 24.1 Å². The summed E-state index contributed by atoms with van der Waals surface area (Å²) in [5, 5.41) is 19.1. The molecule has 2 unspecified atom stereocenters. The van der Waals surface area contributed by atoms with E-state index >= 15 is 0 Å². The van der Waals surface area contributed by atoms with Gasteiger partial charge in [0.05, 0.1) is 6.54 Å². The maximum Gasteiger partial charge on any atom is 0.313 e. The van der Waals surface area contributed by atoms with E-state index in [1.807, 2.05) is 0 Å². The third-order valence-electron chi connectivity index (χ3n) is 5.87. The van der Waals surface area contributed by atoms with E-state index in [4.69, 9.17) is 14.7 Å². The highest BCUT2D eigenvalue weighted by molar-refractivity contribution is 8.00. The van der Waals surface area contributed by atoms with E-state index < -0.39 is 50.5 Å². The molecule has 15 nitrogen and oxygen atoms in total. The number of amides is 3. The van der Waals surface area contributed by atoms with Crippen molar-refractivity contribution in [2.24, 2.45) is 11.1 Å². The first-order chi connectivity index (χ1) is 18.0. The minimum Gasteiger partial charge on any atom is -0.481 e. The fourth-order valence-electron chi connectivity index (χ4n) is 4.07. The largest absolute Gasteiger partial charge is 0.481 e. The Morgan fingerprint density at radius 3 is 2.82 bits per heavy atom. The number of carbonyl (C=O) groups is 4. The summed E-state index contributed by atoms with van der Waals surface area (Å²) in [6.07, 6.45) is 0.481. The molecule has 204 valence electrons. The van der Waals surface area contributed by atoms with Gasteiger partial charge < -0.3 is 25.5 Å². The summed E-state index contributed by atoms with van der Waals surface area (Å²) >= 11 is 2.08. The van der Waals surface area contributed by atoms with Crippen LogP contribution in [0, 0.1) is 5.41 Å². The van der Waals surface area contributed by atoms with Crippen LogP contribution in [-0.4, -0.2) is 93.4 Å². The second-order valence-corrected chi connectivity index (χ2v) is 11.9. The number of carboxylic acid groups (broad SMARTS) is 1. The number of nitrogens with zero attached hydrogens (tertiary/aromatic N) is 4. The molecule has 0 radical (unpaired) electrons. The minimum atomic E-state index is -4.38. The number of anilines is 2. The standard InChI is InChI=1S/C20H22N6O9S3/c21-5-14(28)26(12-3-1-2-11(4-12)22-10-27)15-16(29)25-7-20(18(30)31,8-36-17(15)25)9-37-19-24-23-13(35-19)6-38(32,33)34/h1-4,10,15,17H,5-9,21H2,(H,22,27)(H,30,31)(H,32,33,34)/t15?,17-,20?/m1/s1. The lowest BCUT2D eigenvalue weighted by molar-refractivity contribution is -0.156. The van der Waals surface area contributed by atoms with Gasteiger partial charge in [-0.1, -0.05) is 17.8 Å². The second-order valence-electron chi connectivity index (χ2n) is 8.46. The van der Waals surface area contributed by atoms with Gasteiger partial charge in [-0.3, -0.25) is 28.6 Å². The number of β-lactam (4-membered cyclic amide) rings is 1. The average molecular weight is 587 g/mol. The van der Waals surface area contributed by atoms with Gasteiger partial charge in [-0.15, -0.1) is 22.0 Å². The van der Waals surface area contributed by atoms with E-state index in [1.54, 1.807) is 18.2 Å². The zero-order valence-electron chi connectivity index (χ0n) is 19.4. The molecule has 5 N–H and O–H groups in total. The molecule has 2 aliphatic heterocycles. The Hall–Kier alpha value is -3.19. The normalized spacial score (nSPS) is 22.8. The van der Waals surface area contributed by atoms with E-state index in [-0.39, 0.29) is 35.7 Å². The molecular formula is C20H22N6O9S3. The molecule has 0 spiro atoms. The van der Waals surface area contributed by atoms with E-state index in [0.717, 1.165) is 11.8 Å². The Labute approximate surface area is 224 Å². The highest BCUT2D eigenvalue weighted by atomic mass is 32.2. The van der Waals surface area contributed by atoms with Crippen LogP contribution in [0.5, 0.6) is 0 Å². The van der Waals surface area contributed by atoms with Gasteiger partial charge in [0, 0.05) is 29.4 Å². The minimum absolute atomic E-state index is 0.0745. The van der Waals surface area contributed by atoms with Crippen molar-refractivity contribution in [3.05, 3.63) is 30.2 Å². The van der Waals surface area contributed by atoms with Crippen molar-refractivity contribution in [2.75, 3.05) is 34.8 Å². The Balaban J connectivity index is 1.50. The van der Waals surface area contributed by atoms with E-state index in [1.165, 1.54) is 27.6 Å². The smallest absolute Gasteiger partial charge is 0.313 e. The van der Waals surface area contributed by atoms with Crippen LogP contribution in [0.3, 0.4) is 0 Å². The van der Waals surface area contributed by atoms with Crippen LogP contribution in [0.25, 0.3) is 0 Å². The van der Waals surface area contributed by atoms with Crippen LogP contribution < -0.4 is 16.0 Å². The number of hydrogen-bond acceptors (Lipinski definition) is 12. The predicted octanol–water partition coefficient (Wildman–Crippen LogP) is -0.536. The summed E-state index contributed by atoms with van der Waals surface area (Å²) in [6.45, 7) is -0.516. The number of nitrogens with one attached hydrogen (secondary N) is 1.